The van der Waals surface area contributed by atoms with Gasteiger partial charge in [-0.25, -0.2) is 0 Å². The van der Waals surface area contributed by atoms with Gasteiger partial charge >= 0.3 is 0 Å². The molecule has 1 N–H and O–H groups in total. The molecule has 0 saturated heterocycles. The minimum absolute atomic E-state index is 0.0336. The Labute approximate surface area is 72.3 Å². The Hall–Kier alpha value is 0.170. The maximum absolute atomic E-state index is 8.54. The molecule has 0 spiro atoms. The molecule has 0 saturated carbocycles. The average Bonchev–Trinajstić information content (AvgIpc) is 2.04. The summed E-state index contributed by atoms with van der Waals surface area (Å²) < 4.78 is 9.69. The molecule has 0 amide bonds. The summed E-state index contributed by atoms with van der Waals surface area (Å²) in [7, 11) is 1.58. The smallest absolute Gasteiger partial charge is 0.146 e. The van der Waals surface area contributed by atoms with Crippen molar-refractivity contribution in [1.82, 2.24) is 0 Å². The minimum atomic E-state index is -0.138. The normalized spacial score (nSPS) is 13.4. The first-order valence-corrected chi connectivity index (χ1v) is 4.06. The van der Waals surface area contributed by atoms with Crippen molar-refractivity contribution >= 4 is 11.6 Å². The van der Waals surface area contributed by atoms with E-state index in [0.29, 0.717) is 13.4 Å². The van der Waals surface area contributed by atoms with Crippen LogP contribution in [0.3, 0.4) is 0 Å². The summed E-state index contributed by atoms with van der Waals surface area (Å²) in [5.74, 6) is 0. The number of methoxy groups -OCH3 is 1. The molecule has 0 aromatic carbocycles. The number of halogens is 1. The fraction of sp³-hybridized carbons (Fsp3) is 1.00. The van der Waals surface area contributed by atoms with Gasteiger partial charge in [0.05, 0.1) is 12.0 Å². The lowest BCUT2D eigenvalue weighted by Gasteiger charge is -2.05. The maximum Gasteiger partial charge on any atom is 0.146 e. The Morgan fingerprint density at radius 2 is 2.27 bits per heavy atom. The van der Waals surface area contributed by atoms with E-state index in [2.05, 4.69) is 4.74 Å². The summed E-state index contributed by atoms with van der Waals surface area (Å²) in [5, 5.41) is 8.40. The van der Waals surface area contributed by atoms with Gasteiger partial charge in [0, 0.05) is 13.7 Å². The van der Waals surface area contributed by atoms with Crippen LogP contribution in [-0.4, -0.2) is 37.6 Å². The molecule has 0 fully saturated rings. The first-order chi connectivity index (χ1) is 5.31. The van der Waals surface area contributed by atoms with Crippen molar-refractivity contribution in [1.29, 1.82) is 0 Å². The van der Waals surface area contributed by atoms with Crippen LogP contribution < -0.4 is 0 Å². The highest BCUT2D eigenvalue weighted by molar-refractivity contribution is 6.20. The fourth-order valence-electron chi connectivity index (χ4n) is 0.640. The van der Waals surface area contributed by atoms with E-state index >= 15 is 0 Å². The number of hydrogen-bond donors (Lipinski definition) is 1. The molecule has 0 radical (unpaired) electrons. The highest BCUT2D eigenvalue weighted by Crippen LogP contribution is 2.03. The molecule has 3 nitrogen and oxygen atoms in total. The second-order valence-corrected chi connectivity index (χ2v) is 2.85. The molecule has 1 atom stereocenters. The highest BCUT2D eigenvalue weighted by Gasteiger charge is 2.00. The van der Waals surface area contributed by atoms with Crippen molar-refractivity contribution in [2.75, 3.05) is 27.1 Å². The number of aliphatic hydroxyl groups excluding tert-OH is 1. The molecule has 0 heterocycles. The average molecular weight is 183 g/mol. The van der Waals surface area contributed by atoms with E-state index in [9.17, 15) is 0 Å². The lowest BCUT2D eigenvalue weighted by Crippen LogP contribution is -2.06. The number of ether oxygens (including phenoxy) is 2. The summed E-state index contributed by atoms with van der Waals surface area (Å²) in [5.41, 5.74) is 0. The lowest BCUT2D eigenvalue weighted by molar-refractivity contribution is -0.0316. The van der Waals surface area contributed by atoms with Gasteiger partial charge in [-0.15, -0.1) is 11.6 Å². The SMILES string of the molecule is COCOCCC[C@H](Cl)CO. The molecule has 4 heteroatoms. The van der Waals surface area contributed by atoms with Gasteiger partial charge in [-0.1, -0.05) is 0 Å². The van der Waals surface area contributed by atoms with Gasteiger partial charge in [0.15, 0.2) is 0 Å². The van der Waals surface area contributed by atoms with E-state index in [-0.39, 0.29) is 12.0 Å². The number of hydrogen-bond acceptors (Lipinski definition) is 3. The molecular weight excluding hydrogens is 168 g/mol. The largest absolute Gasteiger partial charge is 0.395 e. The van der Waals surface area contributed by atoms with Crippen molar-refractivity contribution in [3.05, 3.63) is 0 Å². The molecule has 0 aliphatic heterocycles. The molecule has 0 bridgehead atoms. The topological polar surface area (TPSA) is 38.7 Å². The standard InChI is InChI=1S/C7H15ClO3/c1-10-6-11-4-2-3-7(8)5-9/h7,9H,2-6H2,1H3/t7-/m0/s1. The zero-order chi connectivity index (χ0) is 8.53. The molecule has 0 aromatic heterocycles. The second-order valence-electron chi connectivity index (χ2n) is 2.24. The van der Waals surface area contributed by atoms with E-state index in [0.717, 1.165) is 12.8 Å². The third-order valence-corrected chi connectivity index (χ3v) is 1.56. The highest BCUT2D eigenvalue weighted by atomic mass is 35.5. The van der Waals surface area contributed by atoms with Gasteiger partial charge < -0.3 is 14.6 Å². The van der Waals surface area contributed by atoms with Gasteiger partial charge in [-0.2, -0.15) is 0 Å². The van der Waals surface area contributed by atoms with Crippen molar-refractivity contribution < 1.29 is 14.6 Å². The van der Waals surface area contributed by atoms with Crippen molar-refractivity contribution in [3.8, 4) is 0 Å². The lowest BCUT2D eigenvalue weighted by atomic mass is 10.2. The van der Waals surface area contributed by atoms with Crippen LogP contribution in [0.4, 0.5) is 0 Å². The van der Waals surface area contributed by atoms with Crippen LogP contribution in [0.1, 0.15) is 12.8 Å². The first-order valence-electron chi connectivity index (χ1n) is 3.63. The maximum atomic E-state index is 8.54. The van der Waals surface area contributed by atoms with Gasteiger partial charge in [-0.3, -0.25) is 0 Å². The third kappa shape index (κ3) is 8.07. The molecule has 0 unspecified atom stereocenters. The van der Waals surface area contributed by atoms with E-state index in [1.165, 1.54) is 0 Å². The number of rotatable bonds is 7. The molecule has 0 aliphatic rings. The zero-order valence-corrected chi connectivity index (χ0v) is 7.51. The van der Waals surface area contributed by atoms with E-state index in [1.807, 2.05) is 0 Å². The first kappa shape index (κ1) is 11.2. The minimum Gasteiger partial charge on any atom is -0.395 e. The molecule has 11 heavy (non-hydrogen) atoms. The Bertz CT molecular complexity index is 80.1. The molecule has 0 aliphatic carbocycles. The van der Waals surface area contributed by atoms with Crippen LogP contribution in [0.25, 0.3) is 0 Å². The predicted molar refractivity (Wildman–Crippen MR) is 43.8 cm³/mol. The Morgan fingerprint density at radius 3 is 2.82 bits per heavy atom. The van der Waals surface area contributed by atoms with Crippen LogP contribution in [0.15, 0.2) is 0 Å². The second kappa shape index (κ2) is 8.27. The fourth-order valence-corrected chi connectivity index (χ4v) is 0.795. The molecule has 68 valence electrons. The van der Waals surface area contributed by atoms with Crippen LogP contribution in [0.5, 0.6) is 0 Å². The van der Waals surface area contributed by atoms with Crippen LogP contribution in [-0.2, 0) is 9.47 Å². The van der Waals surface area contributed by atoms with Crippen LogP contribution in [0, 0.1) is 0 Å². The van der Waals surface area contributed by atoms with Crippen molar-refractivity contribution in [3.63, 3.8) is 0 Å². The summed E-state index contributed by atoms with van der Waals surface area (Å²) in [4.78, 5) is 0. The molecular formula is C7H15ClO3. The predicted octanol–water partition coefficient (Wildman–Crippen LogP) is 0.987. The van der Waals surface area contributed by atoms with Gasteiger partial charge in [0.1, 0.15) is 6.79 Å². The Morgan fingerprint density at radius 1 is 1.55 bits per heavy atom. The summed E-state index contributed by atoms with van der Waals surface area (Å²) in [6, 6.07) is 0. The molecule has 0 aromatic rings. The Balaban J connectivity index is 2.89. The van der Waals surface area contributed by atoms with Crippen LogP contribution in [0.2, 0.25) is 0 Å². The zero-order valence-electron chi connectivity index (χ0n) is 6.75. The van der Waals surface area contributed by atoms with Gasteiger partial charge in [0.2, 0.25) is 0 Å². The molecule has 0 rings (SSSR count). The van der Waals surface area contributed by atoms with Crippen LogP contribution >= 0.6 is 11.6 Å². The van der Waals surface area contributed by atoms with E-state index in [1.54, 1.807) is 7.11 Å². The monoisotopic (exact) mass is 182 g/mol. The number of alkyl halides is 1. The van der Waals surface area contributed by atoms with Crippen molar-refractivity contribution in [2.45, 2.75) is 18.2 Å². The van der Waals surface area contributed by atoms with Gasteiger partial charge in [0.25, 0.3) is 0 Å². The summed E-state index contributed by atoms with van der Waals surface area (Å²) in [6.07, 6.45) is 1.64. The van der Waals surface area contributed by atoms with Gasteiger partial charge in [-0.05, 0) is 12.8 Å². The summed E-state index contributed by atoms with van der Waals surface area (Å²) >= 11 is 5.64. The Kier molecular flexibility index (Phi) is 8.40. The van der Waals surface area contributed by atoms with Crippen molar-refractivity contribution in [2.24, 2.45) is 0 Å². The third-order valence-electron chi connectivity index (χ3n) is 1.21. The van der Waals surface area contributed by atoms with E-state index < -0.39 is 0 Å². The number of aliphatic hydroxyl groups is 1. The quantitative estimate of drug-likeness (QED) is 0.363. The van der Waals surface area contributed by atoms with E-state index in [4.69, 9.17) is 21.4 Å². The summed E-state index contributed by atoms with van der Waals surface area (Å²) in [6.45, 7) is 0.995.